The fourth-order valence-corrected chi connectivity index (χ4v) is 3.21. The molecule has 1 aliphatic rings. The molecule has 0 amide bonds. The Kier molecular flexibility index (Phi) is 4.09. The standard InChI is InChI=1S/C11H19N3S/c1-12-6-2-3-10-4-7-13-14(10)11-5-8-15-9-11/h4,7,11-12H,2-3,5-6,8-9H2,1H3. The molecule has 0 bridgehead atoms. The van der Waals surface area contributed by atoms with Gasteiger partial charge >= 0.3 is 0 Å². The maximum absolute atomic E-state index is 4.46. The van der Waals surface area contributed by atoms with Crippen molar-refractivity contribution in [2.45, 2.75) is 25.3 Å². The van der Waals surface area contributed by atoms with Gasteiger partial charge in [0.15, 0.2) is 0 Å². The average molecular weight is 225 g/mol. The van der Waals surface area contributed by atoms with Crippen LogP contribution in [-0.2, 0) is 6.42 Å². The summed E-state index contributed by atoms with van der Waals surface area (Å²) in [6.07, 6.45) is 5.56. The summed E-state index contributed by atoms with van der Waals surface area (Å²) in [5.74, 6) is 2.53. The zero-order chi connectivity index (χ0) is 10.5. The molecule has 0 radical (unpaired) electrons. The molecule has 0 saturated carbocycles. The zero-order valence-corrected chi connectivity index (χ0v) is 10.1. The van der Waals surface area contributed by atoms with Gasteiger partial charge in [0, 0.05) is 17.6 Å². The Labute approximate surface area is 95.6 Å². The first-order valence-electron chi connectivity index (χ1n) is 5.66. The topological polar surface area (TPSA) is 29.9 Å². The second kappa shape index (κ2) is 5.56. The van der Waals surface area contributed by atoms with E-state index in [0.29, 0.717) is 6.04 Å². The SMILES string of the molecule is CNCCCc1ccnn1C1CCSC1. The smallest absolute Gasteiger partial charge is 0.0620 e. The van der Waals surface area contributed by atoms with E-state index in [4.69, 9.17) is 0 Å². The van der Waals surface area contributed by atoms with E-state index < -0.39 is 0 Å². The maximum Gasteiger partial charge on any atom is 0.0620 e. The number of aromatic nitrogens is 2. The molecular formula is C11H19N3S. The van der Waals surface area contributed by atoms with Crippen molar-refractivity contribution in [1.29, 1.82) is 0 Å². The second-order valence-corrected chi connectivity index (χ2v) is 5.14. The summed E-state index contributed by atoms with van der Waals surface area (Å²) in [4.78, 5) is 0. The molecule has 4 heteroatoms. The predicted molar refractivity (Wildman–Crippen MR) is 65.5 cm³/mol. The summed E-state index contributed by atoms with van der Waals surface area (Å²) < 4.78 is 2.25. The van der Waals surface area contributed by atoms with Crippen molar-refractivity contribution in [1.82, 2.24) is 15.1 Å². The average Bonchev–Trinajstić information content (AvgIpc) is 2.87. The lowest BCUT2D eigenvalue weighted by molar-refractivity contribution is 0.478. The lowest BCUT2D eigenvalue weighted by Gasteiger charge is -2.13. The molecule has 0 spiro atoms. The van der Waals surface area contributed by atoms with E-state index in [1.807, 2.05) is 25.0 Å². The van der Waals surface area contributed by atoms with Gasteiger partial charge in [-0.25, -0.2) is 0 Å². The Balaban J connectivity index is 1.95. The van der Waals surface area contributed by atoms with Gasteiger partial charge in [0.2, 0.25) is 0 Å². The summed E-state index contributed by atoms with van der Waals surface area (Å²) >= 11 is 2.04. The van der Waals surface area contributed by atoms with Crippen LogP contribution in [0.25, 0.3) is 0 Å². The van der Waals surface area contributed by atoms with Gasteiger partial charge in [-0.15, -0.1) is 0 Å². The van der Waals surface area contributed by atoms with Crippen LogP contribution in [0.5, 0.6) is 0 Å². The van der Waals surface area contributed by atoms with Crippen LogP contribution in [0.1, 0.15) is 24.6 Å². The van der Waals surface area contributed by atoms with Crippen molar-refractivity contribution in [3.8, 4) is 0 Å². The van der Waals surface area contributed by atoms with E-state index in [1.165, 1.54) is 30.0 Å². The van der Waals surface area contributed by atoms with E-state index in [9.17, 15) is 0 Å². The lowest BCUT2D eigenvalue weighted by atomic mass is 10.2. The molecule has 3 nitrogen and oxygen atoms in total. The van der Waals surface area contributed by atoms with Crippen molar-refractivity contribution in [3.63, 3.8) is 0 Å². The Morgan fingerprint density at radius 2 is 2.60 bits per heavy atom. The molecule has 2 heterocycles. The minimum atomic E-state index is 0.648. The van der Waals surface area contributed by atoms with Gasteiger partial charge in [0.25, 0.3) is 0 Å². The molecule has 0 aromatic carbocycles. The third-order valence-electron chi connectivity index (χ3n) is 2.86. The Bertz CT molecular complexity index is 292. The van der Waals surface area contributed by atoms with Crippen LogP contribution in [-0.4, -0.2) is 34.9 Å². The van der Waals surface area contributed by atoms with Gasteiger partial charge in [-0.05, 0) is 44.7 Å². The fourth-order valence-electron chi connectivity index (χ4n) is 2.03. The predicted octanol–water partition coefficient (Wildman–Crippen LogP) is 1.71. The molecule has 0 aliphatic carbocycles. The lowest BCUT2D eigenvalue weighted by Crippen LogP contribution is -2.14. The van der Waals surface area contributed by atoms with Crippen LogP contribution in [0.2, 0.25) is 0 Å². The Morgan fingerprint density at radius 1 is 1.67 bits per heavy atom. The first-order valence-corrected chi connectivity index (χ1v) is 6.82. The van der Waals surface area contributed by atoms with E-state index >= 15 is 0 Å². The van der Waals surface area contributed by atoms with Crippen LogP contribution in [0.15, 0.2) is 12.3 Å². The summed E-state index contributed by atoms with van der Waals surface area (Å²) in [6, 6.07) is 2.81. The van der Waals surface area contributed by atoms with E-state index in [-0.39, 0.29) is 0 Å². The number of hydrogen-bond donors (Lipinski definition) is 1. The molecule has 1 atom stereocenters. The van der Waals surface area contributed by atoms with Crippen LogP contribution in [0, 0.1) is 0 Å². The number of nitrogens with zero attached hydrogens (tertiary/aromatic N) is 2. The van der Waals surface area contributed by atoms with Gasteiger partial charge < -0.3 is 5.32 Å². The van der Waals surface area contributed by atoms with Crippen LogP contribution < -0.4 is 5.32 Å². The van der Waals surface area contributed by atoms with E-state index in [2.05, 4.69) is 21.2 Å². The number of rotatable bonds is 5. The van der Waals surface area contributed by atoms with E-state index in [1.54, 1.807) is 0 Å². The van der Waals surface area contributed by atoms with Crippen LogP contribution >= 0.6 is 11.8 Å². The third-order valence-corrected chi connectivity index (χ3v) is 4.01. The highest BCUT2D eigenvalue weighted by Crippen LogP contribution is 2.28. The molecule has 15 heavy (non-hydrogen) atoms. The molecule has 1 aromatic rings. The minimum absolute atomic E-state index is 0.648. The highest BCUT2D eigenvalue weighted by molar-refractivity contribution is 7.99. The van der Waals surface area contributed by atoms with Crippen molar-refractivity contribution in [3.05, 3.63) is 18.0 Å². The number of thioether (sulfide) groups is 1. The Morgan fingerprint density at radius 3 is 3.33 bits per heavy atom. The molecule has 1 saturated heterocycles. The highest BCUT2D eigenvalue weighted by atomic mass is 32.2. The van der Waals surface area contributed by atoms with Gasteiger partial charge in [0.1, 0.15) is 0 Å². The largest absolute Gasteiger partial charge is 0.320 e. The monoisotopic (exact) mass is 225 g/mol. The van der Waals surface area contributed by atoms with Crippen molar-refractivity contribution < 1.29 is 0 Å². The number of aryl methyl sites for hydroxylation is 1. The van der Waals surface area contributed by atoms with Gasteiger partial charge in [-0.1, -0.05) is 0 Å². The molecule has 1 N–H and O–H groups in total. The summed E-state index contributed by atoms with van der Waals surface area (Å²) in [7, 11) is 2.00. The third kappa shape index (κ3) is 2.75. The first-order chi connectivity index (χ1) is 7.42. The molecule has 2 rings (SSSR count). The quantitative estimate of drug-likeness (QED) is 0.774. The van der Waals surface area contributed by atoms with Gasteiger partial charge in [-0.2, -0.15) is 16.9 Å². The second-order valence-electron chi connectivity index (χ2n) is 3.99. The molecular weight excluding hydrogens is 206 g/mol. The van der Waals surface area contributed by atoms with Crippen molar-refractivity contribution in [2.75, 3.05) is 25.1 Å². The van der Waals surface area contributed by atoms with Crippen molar-refractivity contribution in [2.24, 2.45) is 0 Å². The van der Waals surface area contributed by atoms with Gasteiger partial charge in [0.05, 0.1) is 6.04 Å². The van der Waals surface area contributed by atoms with Crippen LogP contribution in [0.4, 0.5) is 0 Å². The normalized spacial score (nSPS) is 21.0. The molecule has 1 unspecified atom stereocenters. The molecule has 1 aromatic heterocycles. The Hall–Kier alpha value is -0.480. The zero-order valence-electron chi connectivity index (χ0n) is 9.28. The molecule has 84 valence electrons. The molecule has 1 fully saturated rings. The van der Waals surface area contributed by atoms with E-state index in [0.717, 1.165) is 13.0 Å². The van der Waals surface area contributed by atoms with Gasteiger partial charge in [-0.3, -0.25) is 4.68 Å². The van der Waals surface area contributed by atoms with Crippen molar-refractivity contribution >= 4 is 11.8 Å². The van der Waals surface area contributed by atoms with Crippen LogP contribution in [0.3, 0.4) is 0 Å². The summed E-state index contributed by atoms with van der Waals surface area (Å²) in [6.45, 7) is 1.09. The number of hydrogen-bond acceptors (Lipinski definition) is 3. The number of nitrogens with one attached hydrogen (secondary N) is 1. The minimum Gasteiger partial charge on any atom is -0.320 e. The highest BCUT2D eigenvalue weighted by Gasteiger charge is 2.19. The molecule has 1 aliphatic heterocycles. The fraction of sp³-hybridized carbons (Fsp3) is 0.727. The maximum atomic E-state index is 4.46. The summed E-state index contributed by atoms with van der Waals surface area (Å²) in [5.41, 5.74) is 1.40. The summed E-state index contributed by atoms with van der Waals surface area (Å²) in [5, 5.41) is 7.65. The first kappa shape index (κ1) is 11.0.